The molecule has 1 heterocycles. The standard InChI is InChI=1S/C16H19BrN2S/c1-16(2,3)19-10-12-6-4-5-7-14(12)20-15-9-8-13(17)11-18-15/h4-9,11,19H,10H2,1-3H3. The Balaban J connectivity index is 2.13. The molecule has 0 unspecified atom stereocenters. The summed E-state index contributed by atoms with van der Waals surface area (Å²) in [6.07, 6.45) is 1.83. The molecule has 0 bridgehead atoms. The number of hydrogen-bond donors (Lipinski definition) is 1. The Morgan fingerprint density at radius 1 is 1.15 bits per heavy atom. The van der Waals surface area contributed by atoms with E-state index in [0.29, 0.717) is 0 Å². The van der Waals surface area contributed by atoms with E-state index in [1.807, 2.05) is 18.3 Å². The number of nitrogens with one attached hydrogen (secondary N) is 1. The number of rotatable bonds is 4. The van der Waals surface area contributed by atoms with Crippen molar-refractivity contribution in [3.8, 4) is 0 Å². The molecule has 0 saturated carbocycles. The summed E-state index contributed by atoms with van der Waals surface area (Å²) in [5.41, 5.74) is 1.42. The molecule has 1 aromatic heterocycles. The molecule has 20 heavy (non-hydrogen) atoms. The van der Waals surface area contributed by atoms with Crippen molar-refractivity contribution in [1.82, 2.24) is 10.3 Å². The summed E-state index contributed by atoms with van der Waals surface area (Å²) >= 11 is 5.11. The van der Waals surface area contributed by atoms with Gasteiger partial charge in [-0.05, 0) is 60.5 Å². The average Bonchev–Trinajstić information content (AvgIpc) is 2.39. The Labute approximate surface area is 133 Å². The van der Waals surface area contributed by atoms with Crippen molar-refractivity contribution in [2.45, 2.75) is 42.8 Å². The van der Waals surface area contributed by atoms with E-state index in [4.69, 9.17) is 0 Å². The molecule has 0 spiro atoms. The van der Waals surface area contributed by atoms with Gasteiger partial charge in [-0.25, -0.2) is 4.98 Å². The molecule has 2 rings (SSSR count). The summed E-state index contributed by atoms with van der Waals surface area (Å²) < 4.78 is 1.00. The molecular formula is C16H19BrN2S. The van der Waals surface area contributed by atoms with Crippen LogP contribution in [0.4, 0.5) is 0 Å². The molecule has 4 heteroatoms. The van der Waals surface area contributed by atoms with E-state index in [1.165, 1.54) is 10.5 Å². The molecule has 2 nitrogen and oxygen atoms in total. The Hall–Kier alpha value is -0.840. The third-order valence-corrected chi connectivity index (χ3v) is 4.23. The second kappa shape index (κ2) is 6.74. The van der Waals surface area contributed by atoms with Crippen LogP contribution in [0.2, 0.25) is 0 Å². The van der Waals surface area contributed by atoms with Gasteiger partial charge in [0.15, 0.2) is 0 Å². The maximum atomic E-state index is 4.42. The minimum absolute atomic E-state index is 0.119. The second-order valence-corrected chi connectivity index (χ2v) is 7.61. The van der Waals surface area contributed by atoms with Crippen LogP contribution < -0.4 is 5.32 Å². The predicted molar refractivity (Wildman–Crippen MR) is 89.1 cm³/mol. The number of benzene rings is 1. The van der Waals surface area contributed by atoms with E-state index in [0.717, 1.165) is 16.0 Å². The zero-order valence-electron chi connectivity index (χ0n) is 12.0. The molecule has 1 aromatic carbocycles. The van der Waals surface area contributed by atoms with Crippen LogP contribution in [0.1, 0.15) is 26.3 Å². The molecule has 0 atom stereocenters. The van der Waals surface area contributed by atoms with Crippen LogP contribution in [-0.2, 0) is 6.54 Å². The van der Waals surface area contributed by atoms with Gasteiger partial charge in [0.1, 0.15) is 5.03 Å². The molecule has 2 aromatic rings. The topological polar surface area (TPSA) is 24.9 Å². The predicted octanol–water partition coefficient (Wildman–Crippen LogP) is 4.88. The van der Waals surface area contributed by atoms with Gasteiger partial charge in [-0.15, -0.1) is 0 Å². The first-order valence-electron chi connectivity index (χ1n) is 6.56. The Kier molecular flexibility index (Phi) is 5.24. The minimum atomic E-state index is 0.119. The fraction of sp³-hybridized carbons (Fsp3) is 0.312. The fourth-order valence-corrected chi connectivity index (χ4v) is 2.76. The number of pyridine rings is 1. The molecule has 1 N–H and O–H groups in total. The van der Waals surface area contributed by atoms with E-state index in [-0.39, 0.29) is 5.54 Å². The molecule has 0 aliphatic carbocycles. The summed E-state index contributed by atoms with van der Waals surface area (Å²) in [5.74, 6) is 0. The number of hydrogen-bond acceptors (Lipinski definition) is 3. The van der Waals surface area contributed by atoms with Crippen molar-refractivity contribution in [2.24, 2.45) is 0 Å². The summed E-state index contributed by atoms with van der Waals surface area (Å²) in [6, 6.07) is 12.5. The summed E-state index contributed by atoms with van der Waals surface area (Å²) in [5, 5.41) is 4.54. The van der Waals surface area contributed by atoms with Crippen LogP contribution in [0.3, 0.4) is 0 Å². The van der Waals surface area contributed by atoms with E-state index >= 15 is 0 Å². The quantitative estimate of drug-likeness (QED) is 0.850. The first kappa shape index (κ1) is 15.5. The van der Waals surface area contributed by atoms with Gasteiger partial charge in [-0.1, -0.05) is 30.0 Å². The lowest BCUT2D eigenvalue weighted by Gasteiger charge is -2.21. The molecule has 0 radical (unpaired) electrons. The van der Waals surface area contributed by atoms with E-state index in [1.54, 1.807) is 11.8 Å². The first-order valence-corrected chi connectivity index (χ1v) is 8.17. The van der Waals surface area contributed by atoms with Gasteiger partial charge in [0.2, 0.25) is 0 Å². The molecule has 0 aliphatic rings. The smallest absolute Gasteiger partial charge is 0.101 e. The molecule has 0 amide bonds. The Bertz CT molecular complexity index is 561. The van der Waals surface area contributed by atoms with Gasteiger partial charge in [0.05, 0.1) is 0 Å². The van der Waals surface area contributed by atoms with Crippen LogP contribution in [0.25, 0.3) is 0 Å². The third-order valence-electron chi connectivity index (χ3n) is 2.70. The molecule has 0 fully saturated rings. The van der Waals surface area contributed by atoms with Gasteiger partial charge in [-0.2, -0.15) is 0 Å². The van der Waals surface area contributed by atoms with E-state index in [2.05, 4.69) is 71.3 Å². The zero-order valence-corrected chi connectivity index (χ0v) is 14.4. The lowest BCUT2D eigenvalue weighted by Crippen LogP contribution is -2.35. The van der Waals surface area contributed by atoms with Gasteiger partial charge in [-0.3, -0.25) is 0 Å². The largest absolute Gasteiger partial charge is 0.308 e. The highest BCUT2D eigenvalue weighted by molar-refractivity contribution is 9.10. The van der Waals surface area contributed by atoms with Crippen LogP contribution >= 0.6 is 27.7 Å². The third kappa shape index (κ3) is 4.93. The van der Waals surface area contributed by atoms with Crippen molar-refractivity contribution in [3.05, 3.63) is 52.6 Å². The number of halogens is 1. The lowest BCUT2D eigenvalue weighted by molar-refractivity contribution is 0.422. The van der Waals surface area contributed by atoms with Crippen LogP contribution in [-0.4, -0.2) is 10.5 Å². The average molecular weight is 351 g/mol. The Morgan fingerprint density at radius 2 is 1.90 bits per heavy atom. The highest BCUT2D eigenvalue weighted by Crippen LogP contribution is 2.29. The lowest BCUT2D eigenvalue weighted by atomic mass is 10.1. The Morgan fingerprint density at radius 3 is 2.55 bits per heavy atom. The highest BCUT2D eigenvalue weighted by atomic mass is 79.9. The second-order valence-electron chi connectivity index (χ2n) is 5.63. The first-order chi connectivity index (χ1) is 9.44. The van der Waals surface area contributed by atoms with Gasteiger partial charge < -0.3 is 5.32 Å². The minimum Gasteiger partial charge on any atom is -0.308 e. The van der Waals surface area contributed by atoms with Crippen LogP contribution in [0.5, 0.6) is 0 Å². The molecule has 0 aliphatic heterocycles. The molecule has 0 saturated heterocycles. The highest BCUT2D eigenvalue weighted by Gasteiger charge is 2.11. The maximum absolute atomic E-state index is 4.42. The summed E-state index contributed by atoms with van der Waals surface area (Å²) in [4.78, 5) is 5.67. The maximum Gasteiger partial charge on any atom is 0.101 e. The summed E-state index contributed by atoms with van der Waals surface area (Å²) in [6.45, 7) is 7.40. The van der Waals surface area contributed by atoms with Crippen LogP contribution in [0.15, 0.2) is 57.0 Å². The van der Waals surface area contributed by atoms with Gasteiger partial charge >= 0.3 is 0 Å². The van der Waals surface area contributed by atoms with Crippen molar-refractivity contribution in [1.29, 1.82) is 0 Å². The monoisotopic (exact) mass is 350 g/mol. The number of aromatic nitrogens is 1. The normalized spacial score (nSPS) is 11.6. The molecule has 106 valence electrons. The van der Waals surface area contributed by atoms with E-state index < -0.39 is 0 Å². The van der Waals surface area contributed by atoms with Crippen molar-refractivity contribution in [3.63, 3.8) is 0 Å². The fourth-order valence-electron chi connectivity index (χ4n) is 1.65. The molecular weight excluding hydrogens is 332 g/mol. The van der Waals surface area contributed by atoms with Crippen molar-refractivity contribution in [2.75, 3.05) is 0 Å². The zero-order chi connectivity index (χ0) is 14.6. The number of nitrogens with zero attached hydrogens (tertiary/aromatic N) is 1. The van der Waals surface area contributed by atoms with Crippen molar-refractivity contribution < 1.29 is 0 Å². The van der Waals surface area contributed by atoms with Gasteiger partial charge in [0, 0.05) is 27.6 Å². The van der Waals surface area contributed by atoms with Crippen LogP contribution in [0, 0.1) is 0 Å². The van der Waals surface area contributed by atoms with Gasteiger partial charge in [0.25, 0.3) is 0 Å². The SMILES string of the molecule is CC(C)(C)NCc1ccccc1Sc1ccc(Br)cn1. The summed E-state index contributed by atoms with van der Waals surface area (Å²) in [7, 11) is 0. The van der Waals surface area contributed by atoms with E-state index in [9.17, 15) is 0 Å². The van der Waals surface area contributed by atoms with Crippen molar-refractivity contribution >= 4 is 27.7 Å².